The molecular weight excluding hydrogens is 250 g/mol. The Kier molecular flexibility index (Phi) is 5.98. The highest BCUT2D eigenvalue weighted by molar-refractivity contribution is 5.84. The molecule has 1 saturated carbocycles. The molecule has 6 nitrogen and oxygen atoms in total. The number of ether oxygens (including phenoxy) is 2. The number of carbonyl (C=O) groups excluding carboxylic acids is 1. The number of hydrogen-bond acceptors (Lipinski definition) is 4. The lowest BCUT2D eigenvalue weighted by Crippen LogP contribution is -2.49. The van der Waals surface area contributed by atoms with Gasteiger partial charge in [0.25, 0.3) is 0 Å². The van der Waals surface area contributed by atoms with Gasteiger partial charge in [0.15, 0.2) is 6.04 Å². The van der Waals surface area contributed by atoms with Crippen molar-refractivity contribution >= 4 is 11.9 Å². The van der Waals surface area contributed by atoms with E-state index >= 15 is 0 Å². The van der Waals surface area contributed by atoms with Crippen molar-refractivity contribution in [1.29, 1.82) is 0 Å². The Hall–Kier alpha value is -1.40. The van der Waals surface area contributed by atoms with Gasteiger partial charge in [-0.1, -0.05) is 6.08 Å². The van der Waals surface area contributed by atoms with E-state index in [2.05, 4.69) is 11.9 Å². The summed E-state index contributed by atoms with van der Waals surface area (Å²) in [6, 6.07) is -1.04. The Morgan fingerprint density at radius 1 is 1.53 bits per heavy atom. The van der Waals surface area contributed by atoms with Gasteiger partial charge in [-0.05, 0) is 19.3 Å². The molecule has 0 aromatic heterocycles. The summed E-state index contributed by atoms with van der Waals surface area (Å²) in [4.78, 5) is 22.8. The van der Waals surface area contributed by atoms with Crippen LogP contribution in [0.25, 0.3) is 0 Å². The van der Waals surface area contributed by atoms with Gasteiger partial charge in [0.2, 0.25) is 5.91 Å². The summed E-state index contributed by atoms with van der Waals surface area (Å²) in [7, 11) is 1.58. The number of aliphatic carboxylic acids is 1. The first-order valence-electron chi connectivity index (χ1n) is 6.29. The second-order valence-electron chi connectivity index (χ2n) is 4.70. The topological polar surface area (TPSA) is 84.9 Å². The molecule has 1 rings (SSSR count). The molecule has 1 fully saturated rings. The maximum absolute atomic E-state index is 11.8. The normalized spacial score (nSPS) is 18.2. The molecule has 0 bridgehead atoms. The van der Waals surface area contributed by atoms with Crippen LogP contribution in [0.1, 0.15) is 25.7 Å². The van der Waals surface area contributed by atoms with Crippen LogP contribution in [0.15, 0.2) is 12.7 Å². The van der Waals surface area contributed by atoms with Crippen molar-refractivity contribution in [3.05, 3.63) is 12.7 Å². The van der Waals surface area contributed by atoms with Crippen LogP contribution in [0.5, 0.6) is 0 Å². The highest BCUT2D eigenvalue weighted by atomic mass is 16.5. The van der Waals surface area contributed by atoms with E-state index < -0.39 is 17.6 Å². The Labute approximate surface area is 112 Å². The molecule has 0 radical (unpaired) electrons. The number of amides is 1. The summed E-state index contributed by atoms with van der Waals surface area (Å²) in [6.07, 6.45) is 4.42. The third-order valence-electron chi connectivity index (χ3n) is 3.33. The third kappa shape index (κ3) is 4.65. The molecule has 2 N–H and O–H groups in total. The molecule has 19 heavy (non-hydrogen) atoms. The maximum atomic E-state index is 11.8. The van der Waals surface area contributed by atoms with E-state index in [0.717, 1.165) is 19.3 Å². The summed E-state index contributed by atoms with van der Waals surface area (Å²) in [6.45, 7) is 3.64. The van der Waals surface area contributed by atoms with Gasteiger partial charge in [-0.2, -0.15) is 0 Å². The molecule has 0 heterocycles. The van der Waals surface area contributed by atoms with E-state index in [1.807, 2.05) is 0 Å². The van der Waals surface area contributed by atoms with Crippen LogP contribution in [-0.2, 0) is 19.1 Å². The molecule has 1 aliphatic carbocycles. The van der Waals surface area contributed by atoms with Crippen molar-refractivity contribution in [3.8, 4) is 0 Å². The summed E-state index contributed by atoms with van der Waals surface area (Å²) < 4.78 is 10.4. The van der Waals surface area contributed by atoms with E-state index in [4.69, 9.17) is 14.6 Å². The van der Waals surface area contributed by atoms with Crippen LogP contribution in [0.3, 0.4) is 0 Å². The van der Waals surface area contributed by atoms with Gasteiger partial charge in [0.05, 0.1) is 25.2 Å². The molecule has 6 heteroatoms. The zero-order chi connectivity index (χ0) is 14.3. The average molecular weight is 271 g/mol. The van der Waals surface area contributed by atoms with Crippen molar-refractivity contribution in [2.75, 3.05) is 20.3 Å². The van der Waals surface area contributed by atoms with Crippen molar-refractivity contribution in [1.82, 2.24) is 5.32 Å². The van der Waals surface area contributed by atoms with Crippen LogP contribution in [-0.4, -0.2) is 48.9 Å². The molecule has 0 aromatic rings. The molecule has 0 saturated heterocycles. The number of carbonyl (C=O) groups is 2. The SMILES string of the molecule is C=CCOCC(NC(=O)CC1(OC)CCC1)C(=O)O. The van der Waals surface area contributed by atoms with Crippen molar-refractivity contribution in [2.45, 2.75) is 37.3 Å². The number of carboxylic acid groups (broad SMARTS) is 1. The lowest BCUT2D eigenvalue weighted by atomic mass is 9.77. The van der Waals surface area contributed by atoms with Gasteiger partial charge in [-0.3, -0.25) is 4.79 Å². The van der Waals surface area contributed by atoms with E-state index in [-0.39, 0.29) is 25.5 Å². The maximum Gasteiger partial charge on any atom is 0.328 e. The third-order valence-corrected chi connectivity index (χ3v) is 3.33. The first-order chi connectivity index (χ1) is 9.03. The minimum absolute atomic E-state index is 0.0763. The number of hydrogen-bond donors (Lipinski definition) is 2. The number of rotatable bonds is 9. The highest BCUT2D eigenvalue weighted by Crippen LogP contribution is 2.37. The van der Waals surface area contributed by atoms with E-state index in [0.29, 0.717) is 0 Å². The van der Waals surface area contributed by atoms with E-state index in [1.165, 1.54) is 6.08 Å². The molecule has 1 atom stereocenters. The zero-order valence-corrected chi connectivity index (χ0v) is 11.2. The molecule has 1 aliphatic rings. The quantitative estimate of drug-likeness (QED) is 0.477. The molecule has 1 amide bonds. The highest BCUT2D eigenvalue weighted by Gasteiger charge is 2.39. The summed E-state index contributed by atoms with van der Waals surface area (Å²) in [5, 5.41) is 11.5. The summed E-state index contributed by atoms with van der Waals surface area (Å²) in [5.74, 6) is -1.44. The lowest BCUT2D eigenvalue weighted by molar-refractivity contribution is -0.146. The fourth-order valence-corrected chi connectivity index (χ4v) is 2.01. The largest absolute Gasteiger partial charge is 0.480 e. The average Bonchev–Trinajstić information content (AvgIpc) is 2.32. The van der Waals surface area contributed by atoms with Gasteiger partial charge in [-0.15, -0.1) is 6.58 Å². The Morgan fingerprint density at radius 3 is 2.63 bits per heavy atom. The summed E-state index contributed by atoms with van der Waals surface area (Å²) in [5.41, 5.74) is -0.408. The standard InChI is InChI=1S/C13H21NO5/c1-3-7-19-9-10(12(16)17)14-11(15)8-13(18-2)5-4-6-13/h3,10H,1,4-9H2,2H3,(H,14,15)(H,16,17). The molecular formula is C13H21NO5. The smallest absolute Gasteiger partial charge is 0.328 e. The lowest BCUT2D eigenvalue weighted by Gasteiger charge is -2.40. The van der Waals surface area contributed by atoms with Gasteiger partial charge >= 0.3 is 5.97 Å². The summed E-state index contributed by atoms with van der Waals surface area (Å²) >= 11 is 0. The fourth-order valence-electron chi connectivity index (χ4n) is 2.01. The van der Waals surface area contributed by atoms with E-state index in [1.54, 1.807) is 7.11 Å². The monoisotopic (exact) mass is 271 g/mol. The second kappa shape index (κ2) is 7.25. The molecule has 0 aliphatic heterocycles. The van der Waals surface area contributed by atoms with Gasteiger partial charge in [0.1, 0.15) is 0 Å². The van der Waals surface area contributed by atoms with Crippen LogP contribution in [0.4, 0.5) is 0 Å². The van der Waals surface area contributed by atoms with Crippen LogP contribution in [0, 0.1) is 0 Å². The van der Waals surface area contributed by atoms with Crippen LogP contribution < -0.4 is 5.32 Å². The number of carboxylic acids is 1. The van der Waals surface area contributed by atoms with Crippen molar-refractivity contribution in [2.24, 2.45) is 0 Å². The Bertz CT molecular complexity index is 332. The molecule has 108 valence electrons. The predicted octanol–water partition coefficient (Wildman–Crippen LogP) is 0.718. The fraction of sp³-hybridized carbons (Fsp3) is 0.692. The number of nitrogens with one attached hydrogen (secondary N) is 1. The van der Waals surface area contributed by atoms with Crippen molar-refractivity contribution in [3.63, 3.8) is 0 Å². The minimum Gasteiger partial charge on any atom is -0.480 e. The Balaban J connectivity index is 2.42. The Morgan fingerprint density at radius 2 is 2.21 bits per heavy atom. The van der Waals surface area contributed by atoms with Crippen molar-refractivity contribution < 1.29 is 24.2 Å². The first kappa shape index (κ1) is 15.7. The van der Waals surface area contributed by atoms with E-state index in [9.17, 15) is 9.59 Å². The van der Waals surface area contributed by atoms with Gasteiger partial charge < -0.3 is 19.9 Å². The van der Waals surface area contributed by atoms with Gasteiger partial charge in [-0.25, -0.2) is 4.79 Å². The molecule has 0 spiro atoms. The number of methoxy groups -OCH3 is 1. The minimum atomic E-state index is -1.11. The first-order valence-corrected chi connectivity index (χ1v) is 6.29. The second-order valence-corrected chi connectivity index (χ2v) is 4.70. The van der Waals surface area contributed by atoms with Crippen LogP contribution in [0.2, 0.25) is 0 Å². The molecule has 0 aromatic carbocycles. The van der Waals surface area contributed by atoms with Crippen LogP contribution >= 0.6 is 0 Å². The molecule has 1 unspecified atom stereocenters. The predicted molar refractivity (Wildman–Crippen MR) is 68.8 cm³/mol. The zero-order valence-electron chi connectivity index (χ0n) is 11.2. The van der Waals surface area contributed by atoms with Gasteiger partial charge in [0, 0.05) is 7.11 Å².